The number of nitrogens with one attached hydrogen (secondary N) is 1. The summed E-state index contributed by atoms with van der Waals surface area (Å²) in [6.07, 6.45) is 1.35. The third kappa shape index (κ3) is 4.35. The molecule has 1 heterocycles. The normalized spacial score (nSPS) is 16.9. The van der Waals surface area contributed by atoms with Crippen LogP contribution in [0.25, 0.3) is 0 Å². The Balaban J connectivity index is 1.63. The van der Waals surface area contributed by atoms with E-state index in [1.807, 2.05) is 19.1 Å². The fourth-order valence-corrected chi connectivity index (χ4v) is 3.25. The lowest BCUT2D eigenvalue weighted by atomic mass is 10.1. The molecule has 2 unspecified atom stereocenters. The van der Waals surface area contributed by atoms with Gasteiger partial charge in [-0.15, -0.1) is 0 Å². The van der Waals surface area contributed by atoms with Gasteiger partial charge < -0.3 is 15.3 Å². The Bertz CT molecular complexity index is 717. The van der Waals surface area contributed by atoms with Crippen LogP contribution >= 0.6 is 0 Å². The van der Waals surface area contributed by atoms with Crippen LogP contribution in [0.4, 0.5) is 14.5 Å². The van der Waals surface area contributed by atoms with Gasteiger partial charge in [-0.25, -0.2) is 8.78 Å². The Morgan fingerprint density at radius 3 is 2.64 bits per heavy atom. The van der Waals surface area contributed by atoms with Crippen molar-refractivity contribution in [2.45, 2.75) is 31.9 Å². The van der Waals surface area contributed by atoms with Crippen molar-refractivity contribution >= 4 is 5.69 Å². The van der Waals surface area contributed by atoms with Crippen LogP contribution in [-0.4, -0.2) is 24.7 Å². The summed E-state index contributed by atoms with van der Waals surface area (Å²) in [4.78, 5) is 2.37. The van der Waals surface area contributed by atoms with Crippen molar-refractivity contribution < 1.29 is 13.9 Å². The largest absolute Gasteiger partial charge is 0.387 e. The zero-order chi connectivity index (χ0) is 17.8. The molecule has 2 atom stereocenters. The van der Waals surface area contributed by atoms with E-state index in [0.717, 1.165) is 36.9 Å². The molecule has 0 spiro atoms. The van der Waals surface area contributed by atoms with Gasteiger partial charge in [-0.3, -0.25) is 0 Å². The fraction of sp³-hybridized carbons (Fsp3) is 0.400. The van der Waals surface area contributed by atoms with Crippen LogP contribution in [0.1, 0.15) is 43.0 Å². The van der Waals surface area contributed by atoms with E-state index in [0.29, 0.717) is 0 Å². The van der Waals surface area contributed by atoms with Gasteiger partial charge in [0, 0.05) is 36.9 Å². The lowest BCUT2D eigenvalue weighted by Crippen LogP contribution is -2.25. The molecule has 2 aromatic rings. The first kappa shape index (κ1) is 17.8. The first-order valence-electron chi connectivity index (χ1n) is 8.76. The van der Waals surface area contributed by atoms with Crippen LogP contribution in [0, 0.1) is 11.6 Å². The van der Waals surface area contributed by atoms with Crippen LogP contribution in [0.2, 0.25) is 0 Å². The molecule has 0 amide bonds. The van der Waals surface area contributed by atoms with Gasteiger partial charge in [-0.05, 0) is 55.7 Å². The summed E-state index contributed by atoms with van der Waals surface area (Å²) in [5.74, 6) is -1.15. The van der Waals surface area contributed by atoms with E-state index < -0.39 is 17.7 Å². The van der Waals surface area contributed by atoms with Gasteiger partial charge in [0.05, 0.1) is 6.10 Å². The average molecular weight is 346 g/mol. The van der Waals surface area contributed by atoms with E-state index in [2.05, 4.69) is 22.3 Å². The minimum atomic E-state index is -1.10. The molecule has 3 rings (SSSR count). The van der Waals surface area contributed by atoms with Crippen molar-refractivity contribution in [2.75, 3.05) is 24.5 Å². The highest BCUT2D eigenvalue weighted by atomic mass is 19.1. The third-order valence-electron chi connectivity index (χ3n) is 4.78. The molecule has 0 aliphatic carbocycles. The zero-order valence-corrected chi connectivity index (χ0v) is 14.4. The zero-order valence-electron chi connectivity index (χ0n) is 14.4. The molecule has 2 N–H and O–H groups in total. The van der Waals surface area contributed by atoms with Crippen molar-refractivity contribution in [3.63, 3.8) is 0 Å². The first-order chi connectivity index (χ1) is 12.0. The highest BCUT2D eigenvalue weighted by Crippen LogP contribution is 2.24. The Kier molecular flexibility index (Phi) is 5.66. The number of hydrogen-bond donors (Lipinski definition) is 2. The van der Waals surface area contributed by atoms with Gasteiger partial charge in [-0.2, -0.15) is 0 Å². The van der Waals surface area contributed by atoms with E-state index in [-0.39, 0.29) is 18.2 Å². The van der Waals surface area contributed by atoms with Crippen molar-refractivity contribution in [1.82, 2.24) is 5.32 Å². The minimum Gasteiger partial charge on any atom is -0.387 e. The summed E-state index contributed by atoms with van der Waals surface area (Å²) in [7, 11) is 0. The molecule has 1 aliphatic heterocycles. The predicted octanol–water partition coefficient (Wildman–Crippen LogP) is 3.95. The molecule has 134 valence electrons. The van der Waals surface area contributed by atoms with E-state index >= 15 is 0 Å². The molecule has 0 bridgehead atoms. The Hall–Kier alpha value is -1.98. The molecule has 1 fully saturated rings. The number of aliphatic hydroxyl groups excluding tert-OH is 1. The Morgan fingerprint density at radius 2 is 1.88 bits per heavy atom. The van der Waals surface area contributed by atoms with Crippen LogP contribution in [0.15, 0.2) is 42.5 Å². The number of benzene rings is 2. The summed E-state index contributed by atoms with van der Waals surface area (Å²) in [5, 5.41) is 13.4. The number of anilines is 1. The van der Waals surface area contributed by atoms with Crippen molar-refractivity contribution in [2.24, 2.45) is 0 Å². The lowest BCUT2D eigenvalue weighted by molar-refractivity contribution is 0.166. The van der Waals surface area contributed by atoms with Gasteiger partial charge in [-0.1, -0.05) is 12.1 Å². The molecule has 1 aliphatic rings. The van der Waals surface area contributed by atoms with E-state index in [1.54, 1.807) is 0 Å². The van der Waals surface area contributed by atoms with Gasteiger partial charge in [0.25, 0.3) is 0 Å². The number of hydrogen-bond acceptors (Lipinski definition) is 3. The van der Waals surface area contributed by atoms with Gasteiger partial charge in [0.1, 0.15) is 11.6 Å². The van der Waals surface area contributed by atoms with E-state index in [9.17, 15) is 13.9 Å². The van der Waals surface area contributed by atoms with Crippen LogP contribution in [-0.2, 0) is 0 Å². The lowest BCUT2D eigenvalue weighted by Gasteiger charge is -2.22. The molecule has 3 nitrogen and oxygen atoms in total. The van der Waals surface area contributed by atoms with Gasteiger partial charge in [0.15, 0.2) is 0 Å². The quantitative estimate of drug-likeness (QED) is 0.831. The summed E-state index contributed by atoms with van der Waals surface area (Å²) in [6, 6.07) is 11.4. The first-order valence-corrected chi connectivity index (χ1v) is 8.76. The fourth-order valence-electron chi connectivity index (χ4n) is 3.25. The van der Waals surface area contributed by atoms with Gasteiger partial charge in [0.2, 0.25) is 0 Å². The third-order valence-corrected chi connectivity index (χ3v) is 4.78. The molecule has 1 saturated heterocycles. The van der Waals surface area contributed by atoms with Crippen molar-refractivity contribution in [3.8, 4) is 0 Å². The van der Waals surface area contributed by atoms with E-state index in [1.165, 1.54) is 18.5 Å². The predicted molar refractivity (Wildman–Crippen MR) is 95.6 cm³/mol. The highest BCUT2D eigenvalue weighted by Gasteiger charge is 2.17. The number of halogens is 2. The van der Waals surface area contributed by atoms with E-state index in [4.69, 9.17) is 0 Å². The van der Waals surface area contributed by atoms with Crippen LogP contribution in [0.5, 0.6) is 0 Å². The molecule has 0 saturated carbocycles. The monoisotopic (exact) mass is 346 g/mol. The average Bonchev–Trinajstić information content (AvgIpc) is 3.16. The van der Waals surface area contributed by atoms with Crippen molar-refractivity contribution in [3.05, 3.63) is 65.2 Å². The summed E-state index contributed by atoms with van der Waals surface area (Å²) < 4.78 is 27.0. The van der Waals surface area contributed by atoms with Crippen LogP contribution < -0.4 is 10.2 Å². The topological polar surface area (TPSA) is 35.5 Å². The number of aliphatic hydroxyl groups is 1. The second-order valence-electron chi connectivity index (χ2n) is 6.60. The SMILES string of the molecule is CC(NCC(O)c1cc(F)ccc1F)c1cccc(N2CCCC2)c1. The standard InChI is InChI=1S/C20H24F2N2O/c1-14(15-5-4-6-17(11-15)24-9-2-3-10-24)23-13-20(25)18-12-16(21)7-8-19(18)22/h4-8,11-12,14,20,23,25H,2-3,9-10,13H2,1H3. The minimum absolute atomic E-state index is 0.00572. The molecular formula is C20H24F2N2O. The second-order valence-corrected chi connectivity index (χ2v) is 6.60. The van der Waals surface area contributed by atoms with Gasteiger partial charge >= 0.3 is 0 Å². The number of nitrogens with zero attached hydrogens (tertiary/aromatic N) is 1. The molecule has 25 heavy (non-hydrogen) atoms. The summed E-state index contributed by atoms with van der Waals surface area (Å²) in [6.45, 7) is 4.32. The molecule has 0 aromatic heterocycles. The maximum atomic E-state index is 13.7. The molecule has 0 radical (unpaired) electrons. The molecular weight excluding hydrogens is 322 g/mol. The number of rotatable bonds is 6. The van der Waals surface area contributed by atoms with Crippen LogP contribution in [0.3, 0.4) is 0 Å². The second kappa shape index (κ2) is 7.93. The molecule has 5 heteroatoms. The Labute approximate surface area is 147 Å². The maximum absolute atomic E-state index is 13.7. The summed E-state index contributed by atoms with van der Waals surface area (Å²) in [5.41, 5.74) is 2.29. The summed E-state index contributed by atoms with van der Waals surface area (Å²) >= 11 is 0. The smallest absolute Gasteiger partial charge is 0.129 e. The maximum Gasteiger partial charge on any atom is 0.129 e. The Morgan fingerprint density at radius 1 is 1.12 bits per heavy atom. The molecule has 2 aromatic carbocycles. The highest BCUT2D eigenvalue weighted by molar-refractivity contribution is 5.49. The van der Waals surface area contributed by atoms with Crippen molar-refractivity contribution in [1.29, 1.82) is 0 Å².